The predicted molar refractivity (Wildman–Crippen MR) is 224 cm³/mol. The van der Waals surface area contributed by atoms with Gasteiger partial charge in [-0.15, -0.1) is 10.9 Å². The number of hydrogen-bond donors (Lipinski definition) is 0. The third kappa shape index (κ3) is 5.80. The van der Waals surface area contributed by atoms with Crippen LogP contribution in [0.4, 0.5) is 0 Å². The monoisotopic (exact) mass is 432 g/mol. The Bertz CT molecular complexity index is 1050. The number of rotatable bonds is 10. The molecule has 2 aromatic rings. The molecule has 2 aromatic carbocycles. The fourth-order valence-corrected chi connectivity index (χ4v) is 7.05. The van der Waals surface area contributed by atoms with Gasteiger partial charge in [-0.3, -0.25) is 0 Å². The molecule has 0 saturated carbocycles. The van der Waals surface area contributed by atoms with E-state index < -0.39 is 0 Å². The Hall–Kier alpha value is 0.194. The van der Waals surface area contributed by atoms with Crippen molar-refractivity contribution >= 4 is 211 Å². The quantitative estimate of drug-likeness (QED) is 0.330. The molecule has 0 radical (unpaired) electrons. The summed E-state index contributed by atoms with van der Waals surface area (Å²) < 4.78 is 0. The van der Waals surface area contributed by atoms with E-state index >= 15 is 0 Å². The molecule has 0 atom stereocenters. The van der Waals surface area contributed by atoms with Gasteiger partial charge < -0.3 is 0 Å². The zero-order chi connectivity index (χ0) is 26.9. The summed E-state index contributed by atoms with van der Waals surface area (Å²) in [5, 5.41) is 3.28. The molecule has 0 saturated heterocycles. The lowest BCUT2D eigenvalue weighted by atomic mass is 8.68. The summed E-state index contributed by atoms with van der Waals surface area (Å²) in [5.74, 6) is 0. The Labute approximate surface area is 234 Å². The Kier molecular flexibility index (Phi) is 11.5. The van der Waals surface area contributed by atoms with E-state index in [0.717, 1.165) is 7.17 Å². The molecule has 0 aliphatic carbocycles. The van der Waals surface area contributed by atoms with Crippen LogP contribution in [-0.4, -0.2) is 167 Å². The first-order valence-electron chi connectivity index (χ1n) is 14.9. The topological polar surface area (TPSA) is 0 Å². The van der Waals surface area contributed by atoms with Gasteiger partial charge in [0.25, 0.3) is 0 Å². The van der Waals surface area contributed by atoms with Gasteiger partial charge >= 0.3 is 0 Å². The Balaban J connectivity index is 3.44. The zero-order valence-corrected chi connectivity index (χ0v) is 26.2. The van der Waals surface area contributed by atoms with Gasteiger partial charge in [-0.05, 0) is 24.6 Å². The molecule has 0 bridgehead atoms. The van der Waals surface area contributed by atoms with Crippen molar-refractivity contribution < 1.29 is 0 Å². The molecule has 0 amide bonds. The third-order valence-electron chi connectivity index (χ3n) is 9.67. The lowest BCUT2D eigenvalue weighted by molar-refractivity contribution is 1.41. The second-order valence-corrected chi connectivity index (χ2v) is 12.8. The minimum Gasteiger partial charge on any atom is -0.111 e. The van der Waals surface area contributed by atoms with Crippen LogP contribution in [0.5, 0.6) is 0 Å². The number of fused-ring (bicyclic) bond motifs is 1. The van der Waals surface area contributed by atoms with Crippen LogP contribution in [0.1, 0.15) is 11.1 Å². The molecular formula is C12H35B23. The average molecular weight is 428 g/mol. The zero-order valence-electron chi connectivity index (χ0n) is 26.2. The SMILES string of the molecule is BBB(B)B(B(B)B)c1c(C)c(C)c(B(B)B(B)B)c2c(B(B)BB)c(B(B)B)c(BB)c(B)c12. The molecule has 0 N–H and O–H groups in total. The first-order chi connectivity index (χ1) is 16.3. The summed E-state index contributed by atoms with van der Waals surface area (Å²) >= 11 is 0. The minimum atomic E-state index is 0.541. The van der Waals surface area contributed by atoms with Gasteiger partial charge in [0.2, 0.25) is 0 Å². The Morgan fingerprint density at radius 2 is 1.17 bits per heavy atom. The van der Waals surface area contributed by atoms with E-state index in [-0.39, 0.29) is 0 Å². The van der Waals surface area contributed by atoms with Crippen LogP contribution in [0, 0.1) is 13.8 Å². The van der Waals surface area contributed by atoms with E-state index in [1.807, 2.05) is 0 Å². The van der Waals surface area contributed by atoms with Crippen LogP contribution in [-0.2, 0) is 0 Å². The smallest absolute Gasteiger partial charge is 0.111 e. The lowest BCUT2D eigenvalue weighted by Crippen LogP contribution is -2.68. The molecule has 0 unspecified atom stereocenters. The summed E-state index contributed by atoms with van der Waals surface area (Å²) in [7, 11) is 35.2. The molecule has 0 aromatic heterocycles. The first-order valence-corrected chi connectivity index (χ1v) is 14.9. The number of benzene rings is 2. The molecule has 0 aliphatic rings. The van der Waals surface area contributed by atoms with Crippen molar-refractivity contribution in [2.45, 2.75) is 13.8 Å². The van der Waals surface area contributed by atoms with E-state index in [0.29, 0.717) is 45.1 Å². The number of hydrogen-bond acceptors (Lipinski definition) is 0. The summed E-state index contributed by atoms with van der Waals surface area (Å²) in [6.45, 7) is 7.13. The van der Waals surface area contributed by atoms with Gasteiger partial charge in [-0.1, -0.05) is 33.0 Å². The molecule has 2 rings (SSSR count). The first kappa shape index (κ1) is 31.4. The van der Waals surface area contributed by atoms with Crippen LogP contribution in [0.25, 0.3) is 10.8 Å². The predicted octanol–water partition coefficient (Wildman–Crippen LogP) is -18.0. The maximum atomic E-state index is 2.49. The van der Waals surface area contributed by atoms with Gasteiger partial charge in [-0.25, -0.2) is 0 Å². The van der Waals surface area contributed by atoms with Gasteiger partial charge in [0.05, 0.1) is 126 Å². The maximum Gasteiger partial charge on any atom is 0.139 e. The van der Waals surface area contributed by atoms with Crippen molar-refractivity contribution in [1.82, 2.24) is 0 Å². The summed E-state index contributed by atoms with van der Waals surface area (Å²) in [4.78, 5) is 0. The third-order valence-corrected chi connectivity index (χ3v) is 9.67. The fraction of sp³-hybridized carbons (Fsp3) is 0.167. The summed E-state index contributed by atoms with van der Waals surface area (Å²) in [5.41, 5.74) is 13.0. The largest absolute Gasteiger partial charge is 0.139 e. The Morgan fingerprint density at radius 3 is 1.57 bits per heavy atom. The van der Waals surface area contributed by atoms with Crippen molar-refractivity contribution in [3.8, 4) is 0 Å². The molecule has 0 spiro atoms. The second kappa shape index (κ2) is 12.8. The highest BCUT2D eigenvalue weighted by atomic mass is 14.2. The van der Waals surface area contributed by atoms with Crippen molar-refractivity contribution in [2.75, 3.05) is 0 Å². The van der Waals surface area contributed by atoms with E-state index in [9.17, 15) is 0 Å². The molecule has 0 nitrogen and oxygen atoms in total. The normalized spacial score (nSPS) is 10.3. The summed E-state index contributed by atoms with van der Waals surface area (Å²) in [6.07, 6.45) is 1.92. The van der Waals surface area contributed by atoms with E-state index in [2.05, 4.69) is 115 Å². The van der Waals surface area contributed by atoms with E-state index in [1.165, 1.54) is 14.1 Å². The standard InChI is InChI=1S/C12H35B23/c1-3-4(2)10(32(34(23)24)35(25)28-16)5-6(9(3)31(20)33(21)22)11(30(19)27-15)12(29(17)18)8(26-14)7(5)13/h26-28H,13-25H2,1-2H3. The van der Waals surface area contributed by atoms with Crippen LogP contribution >= 0.6 is 0 Å². The van der Waals surface area contributed by atoms with Crippen molar-refractivity contribution in [1.29, 1.82) is 0 Å². The van der Waals surface area contributed by atoms with Gasteiger partial charge in [-0.2, -0.15) is 0 Å². The molecule has 0 aliphatic heterocycles. The van der Waals surface area contributed by atoms with E-state index in [1.54, 1.807) is 54.7 Å². The molecule has 35 heavy (non-hydrogen) atoms. The van der Waals surface area contributed by atoms with E-state index in [4.69, 9.17) is 0 Å². The molecule has 0 heterocycles. The maximum absolute atomic E-state index is 2.49. The highest BCUT2D eigenvalue weighted by Gasteiger charge is 2.35. The van der Waals surface area contributed by atoms with Crippen LogP contribution < -0.4 is 32.8 Å². The molecule has 152 valence electrons. The molecule has 0 fully saturated rings. The fourth-order valence-electron chi connectivity index (χ4n) is 7.05. The molecular weight excluding hydrogens is 393 g/mol. The summed E-state index contributed by atoms with van der Waals surface area (Å²) in [6, 6.07) is 0. The van der Waals surface area contributed by atoms with Crippen LogP contribution in [0.15, 0.2) is 0 Å². The van der Waals surface area contributed by atoms with Crippen LogP contribution in [0.3, 0.4) is 0 Å². The highest BCUT2D eigenvalue weighted by molar-refractivity contribution is 7.87. The minimum absolute atomic E-state index is 0.541. The second-order valence-electron chi connectivity index (χ2n) is 12.8. The van der Waals surface area contributed by atoms with Crippen molar-refractivity contribution in [3.63, 3.8) is 0 Å². The lowest BCUT2D eigenvalue weighted by Gasteiger charge is -2.35. The highest BCUT2D eigenvalue weighted by Crippen LogP contribution is 2.16. The van der Waals surface area contributed by atoms with Crippen molar-refractivity contribution in [3.05, 3.63) is 11.1 Å². The average Bonchev–Trinajstić information content (AvgIpc) is 2.80. The van der Waals surface area contributed by atoms with Crippen LogP contribution in [0.2, 0.25) is 0 Å². The molecule has 23 heteroatoms. The van der Waals surface area contributed by atoms with Gasteiger partial charge in [0, 0.05) is 26.2 Å². The van der Waals surface area contributed by atoms with Crippen molar-refractivity contribution in [2.24, 2.45) is 0 Å². The van der Waals surface area contributed by atoms with Gasteiger partial charge in [0.1, 0.15) is 15.0 Å². The Morgan fingerprint density at radius 1 is 0.629 bits per heavy atom. The van der Waals surface area contributed by atoms with Gasteiger partial charge in [0.15, 0.2) is 0 Å².